The molecule has 0 saturated carbocycles. The summed E-state index contributed by atoms with van der Waals surface area (Å²) in [6, 6.07) is 14.6. The third kappa shape index (κ3) is 4.69. The maximum Gasteiger partial charge on any atom is 0.496 e. The van der Waals surface area contributed by atoms with Gasteiger partial charge in [-0.15, -0.1) is 0 Å². The Balaban J connectivity index is 1.74. The maximum absolute atomic E-state index is 12.3. The average Bonchev–Trinajstić information content (AvgIpc) is 2.99. The first kappa shape index (κ1) is 24.3. The zero-order valence-corrected chi connectivity index (χ0v) is 20.8. The molecule has 2 N–H and O–H groups in total. The van der Waals surface area contributed by atoms with Crippen molar-refractivity contribution >= 4 is 30.1 Å². The van der Waals surface area contributed by atoms with Gasteiger partial charge in [-0.3, -0.25) is 9.78 Å². The van der Waals surface area contributed by atoms with Crippen molar-refractivity contribution in [2.75, 3.05) is 0 Å². The van der Waals surface area contributed by atoms with E-state index < -0.39 is 24.2 Å². The first-order valence-electron chi connectivity index (χ1n) is 11.1. The number of hydrogen-bond acceptors (Lipinski definition) is 5. The summed E-state index contributed by atoms with van der Waals surface area (Å²) in [5, 5.41) is 0.530. The minimum atomic E-state index is -0.641. The standard InChI is InChI=1S/C26H28BClN2O4/c1-16-12-23(28)22(27-33-25(2,3)26(4,5)34-27)14-20(16)21-13-18(9-10-19(21)24(29)31)32-15-17-8-6-7-11-30-17/h6-14H,15H2,1-5H3,(H2,29,31). The number of halogens is 1. The lowest BCUT2D eigenvalue weighted by Crippen LogP contribution is -2.41. The molecule has 0 bridgehead atoms. The Morgan fingerprint density at radius 1 is 1.06 bits per heavy atom. The molecule has 3 aromatic rings. The van der Waals surface area contributed by atoms with Gasteiger partial charge >= 0.3 is 7.12 Å². The van der Waals surface area contributed by atoms with Crippen LogP contribution in [0.25, 0.3) is 11.1 Å². The fraction of sp³-hybridized carbons (Fsp3) is 0.308. The van der Waals surface area contributed by atoms with Crippen LogP contribution in [0.2, 0.25) is 5.02 Å². The molecule has 4 rings (SSSR count). The number of primary amides is 1. The van der Waals surface area contributed by atoms with Crippen molar-refractivity contribution < 1.29 is 18.8 Å². The highest BCUT2D eigenvalue weighted by molar-refractivity contribution is 6.65. The highest BCUT2D eigenvalue weighted by atomic mass is 35.5. The van der Waals surface area contributed by atoms with E-state index in [0.717, 1.165) is 16.8 Å². The van der Waals surface area contributed by atoms with Crippen molar-refractivity contribution in [3.8, 4) is 16.9 Å². The number of benzene rings is 2. The van der Waals surface area contributed by atoms with E-state index in [9.17, 15) is 4.79 Å². The van der Waals surface area contributed by atoms with E-state index in [1.54, 1.807) is 18.3 Å². The molecule has 0 spiro atoms. The summed E-state index contributed by atoms with van der Waals surface area (Å²) in [5.74, 6) is 0.0648. The highest BCUT2D eigenvalue weighted by Gasteiger charge is 2.52. The molecular formula is C26H28BClN2O4. The lowest BCUT2D eigenvalue weighted by atomic mass is 9.76. The van der Waals surface area contributed by atoms with Gasteiger partial charge in [-0.1, -0.05) is 23.7 Å². The number of pyridine rings is 1. The van der Waals surface area contributed by atoms with Crippen LogP contribution in [0.5, 0.6) is 5.75 Å². The third-order valence-corrected chi connectivity index (χ3v) is 6.84. The molecule has 2 heterocycles. The van der Waals surface area contributed by atoms with Crippen LogP contribution in [-0.2, 0) is 15.9 Å². The Kier molecular flexibility index (Phi) is 6.47. The molecule has 176 valence electrons. The van der Waals surface area contributed by atoms with Crippen molar-refractivity contribution in [2.45, 2.75) is 52.4 Å². The fourth-order valence-corrected chi connectivity index (χ4v) is 4.13. The number of ether oxygens (including phenoxy) is 1. The van der Waals surface area contributed by atoms with Crippen LogP contribution < -0.4 is 15.9 Å². The van der Waals surface area contributed by atoms with Crippen molar-refractivity contribution in [2.24, 2.45) is 5.73 Å². The van der Waals surface area contributed by atoms with Gasteiger partial charge in [0.25, 0.3) is 0 Å². The molecule has 0 radical (unpaired) electrons. The molecule has 6 nitrogen and oxygen atoms in total. The van der Waals surface area contributed by atoms with Gasteiger partial charge in [0.2, 0.25) is 5.91 Å². The van der Waals surface area contributed by atoms with Crippen molar-refractivity contribution in [1.82, 2.24) is 4.98 Å². The molecule has 34 heavy (non-hydrogen) atoms. The topological polar surface area (TPSA) is 83.7 Å². The summed E-state index contributed by atoms with van der Waals surface area (Å²) in [7, 11) is -0.641. The predicted octanol–water partition coefficient (Wildman–Crippen LogP) is 4.69. The Morgan fingerprint density at radius 2 is 1.76 bits per heavy atom. The number of nitrogens with two attached hydrogens (primary N) is 1. The van der Waals surface area contributed by atoms with E-state index in [1.165, 1.54) is 0 Å². The molecule has 0 unspecified atom stereocenters. The molecule has 0 atom stereocenters. The zero-order chi connectivity index (χ0) is 24.7. The van der Waals surface area contributed by atoms with Gasteiger partial charge in [-0.25, -0.2) is 0 Å². The lowest BCUT2D eigenvalue weighted by Gasteiger charge is -2.32. The van der Waals surface area contributed by atoms with Gasteiger partial charge in [-0.05, 0) is 87.7 Å². The number of hydrogen-bond donors (Lipinski definition) is 1. The quantitative estimate of drug-likeness (QED) is 0.520. The number of nitrogens with zero attached hydrogens (tertiary/aromatic N) is 1. The van der Waals surface area contributed by atoms with Crippen LogP contribution in [0.3, 0.4) is 0 Å². The average molecular weight is 479 g/mol. The minimum absolute atomic E-state index is 0.301. The zero-order valence-electron chi connectivity index (χ0n) is 20.0. The van der Waals surface area contributed by atoms with E-state index in [0.29, 0.717) is 34.0 Å². The van der Waals surface area contributed by atoms with Gasteiger partial charge < -0.3 is 19.8 Å². The molecule has 8 heteroatoms. The molecule has 1 aliphatic heterocycles. The van der Waals surface area contributed by atoms with Gasteiger partial charge in [-0.2, -0.15) is 0 Å². The second kappa shape index (κ2) is 9.06. The number of aryl methyl sites for hydroxylation is 1. The summed E-state index contributed by atoms with van der Waals surface area (Å²) in [4.78, 5) is 16.6. The second-order valence-electron chi connectivity index (χ2n) is 9.46. The summed E-state index contributed by atoms with van der Waals surface area (Å²) in [5.41, 5.74) is 8.90. The number of amides is 1. The number of aromatic nitrogens is 1. The minimum Gasteiger partial charge on any atom is -0.487 e. The molecule has 2 aromatic carbocycles. The molecule has 1 aromatic heterocycles. The summed E-state index contributed by atoms with van der Waals surface area (Å²) < 4.78 is 18.4. The predicted molar refractivity (Wildman–Crippen MR) is 134 cm³/mol. The number of carbonyl (C=O) groups is 1. The van der Waals surface area contributed by atoms with Crippen LogP contribution in [0.1, 0.15) is 49.3 Å². The monoisotopic (exact) mass is 478 g/mol. The van der Waals surface area contributed by atoms with Crippen LogP contribution in [-0.4, -0.2) is 29.2 Å². The summed E-state index contributed by atoms with van der Waals surface area (Å²) in [6.45, 7) is 10.2. The Morgan fingerprint density at radius 3 is 2.38 bits per heavy atom. The smallest absolute Gasteiger partial charge is 0.487 e. The molecule has 1 aliphatic rings. The lowest BCUT2D eigenvalue weighted by molar-refractivity contribution is 0.00578. The van der Waals surface area contributed by atoms with Crippen molar-refractivity contribution in [3.63, 3.8) is 0 Å². The SMILES string of the molecule is Cc1cc(Cl)c(B2OC(C)(C)C(C)(C)O2)cc1-c1cc(OCc2ccccn2)ccc1C(N)=O. The fourth-order valence-electron chi connectivity index (χ4n) is 3.82. The summed E-state index contributed by atoms with van der Waals surface area (Å²) >= 11 is 6.62. The Labute approximate surface area is 205 Å². The second-order valence-corrected chi connectivity index (χ2v) is 9.87. The van der Waals surface area contributed by atoms with E-state index in [-0.39, 0.29) is 0 Å². The van der Waals surface area contributed by atoms with Gasteiger partial charge in [0, 0.05) is 22.2 Å². The van der Waals surface area contributed by atoms with Gasteiger partial charge in [0.1, 0.15) is 12.4 Å². The largest absolute Gasteiger partial charge is 0.496 e. The summed E-state index contributed by atoms with van der Waals surface area (Å²) in [6.07, 6.45) is 1.72. The first-order chi connectivity index (χ1) is 16.0. The van der Waals surface area contributed by atoms with Crippen LogP contribution in [0.15, 0.2) is 54.7 Å². The first-order valence-corrected chi connectivity index (χ1v) is 11.5. The highest BCUT2D eigenvalue weighted by Crippen LogP contribution is 2.38. The van der Waals surface area contributed by atoms with Crippen LogP contribution >= 0.6 is 11.6 Å². The Hall–Kier alpha value is -2.87. The van der Waals surface area contributed by atoms with E-state index in [2.05, 4.69) is 4.98 Å². The molecule has 1 saturated heterocycles. The van der Waals surface area contributed by atoms with Crippen molar-refractivity contribution in [1.29, 1.82) is 0 Å². The molecule has 1 amide bonds. The maximum atomic E-state index is 12.3. The number of rotatable bonds is 6. The third-order valence-electron chi connectivity index (χ3n) is 6.51. The molecule has 0 aliphatic carbocycles. The number of carbonyl (C=O) groups excluding carboxylic acids is 1. The van der Waals surface area contributed by atoms with Crippen LogP contribution in [0.4, 0.5) is 0 Å². The Bertz CT molecular complexity index is 1210. The van der Waals surface area contributed by atoms with E-state index >= 15 is 0 Å². The van der Waals surface area contributed by atoms with Crippen LogP contribution in [0, 0.1) is 6.92 Å². The normalized spacial score (nSPS) is 16.5. The van der Waals surface area contributed by atoms with E-state index in [4.69, 9.17) is 31.4 Å². The van der Waals surface area contributed by atoms with Gasteiger partial charge in [0.15, 0.2) is 0 Å². The van der Waals surface area contributed by atoms with E-state index in [1.807, 2.05) is 71.0 Å². The molecule has 1 fully saturated rings. The van der Waals surface area contributed by atoms with Gasteiger partial charge in [0.05, 0.1) is 16.9 Å². The molecular weight excluding hydrogens is 451 g/mol. The van der Waals surface area contributed by atoms with Crippen molar-refractivity contribution in [3.05, 3.63) is 76.6 Å².